The molecule has 2 N–H and O–H groups in total. The van der Waals surface area contributed by atoms with E-state index in [9.17, 15) is 4.79 Å². The molecule has 7 nitrogen and oxygen atoms in total. The summed E-state index contributed by atoms with van der Waals surface area (Å²) in [5.41, 5.74) is 3.80. The van der Waals surface area contributed by atoms with Crippen LogP contribution in [0.1, 0.15) is 11.3 Å². The van der Waals surface area contributed by atoms with Crippen LogP contribution in [0.4, 0.5) is 21.4 Å². The van der Waals surface area contributed by atoms with Crippen molar-refractivity contribution in [1.29, 1.82) is 0 Å². The van der Waals surface area contributed by atoms with Crippen molar-refractivity contribution in [3.63, 3.8) is 0 Å². The Bertz CT molecular complexity index is 1130. The Kier molecular flexibility index (Phi) is 5.35. The molecule has 8 heteroatoms. The van der Waals surface area contributed by atoms with Crippen molar-refractivity contribution < 1.29 is 4.79 Å². The predicted molar refractivity (Wildman–Crippen MR) is 117 cm³/mol. The number of aromatic nitrogens is 3. The van der Waals surface area contributed by atoms with Crippen molar-refractivity contribution in [1.82, 2.24) is 20.3 Å². The number of hydrogen-bond donors (Lipinski definition) is 2. The SMILES string of the molecule is Cc1ccc(N(C)c2ccc3nc(NC(=O)NCc4ccccn4)sc3n2)cc1. The molecule has 0 spiro atoms. The molecule has 3 heterocycles. The van der Waals surface area contributed by atoms with Crippen LogP contribution < -0.4 is 15.5 Å². The maximum atomic E-state index is 12.1. The van der Waals surface area contributed by atoms with Crippen LogP contribution in [0.15, 0.2) is 60.8 Å². The third-order valence-corrected chi connectivity index (χ3v) is 5.26. The van der Waals surface area contributed by atoms with E-state index in [2.05, 4.69) is 51.8 Å². The highest BCUT2D eigenvalue weighted by Crippen LogP contribution is 2.29. The van der Waals surface area contributed by atoms with Crippen molar-refractivity contribution in [3.8, 4) is 0 Å². The number of nitrogens with zero attached hydrogens (tertiary/aromatic N) is 4. The number of fused-ring (bicyclic) bond motifs is 1. The van der Waals surface area contributed by atoms with Crippen LogP contribution in [0.25, 0.3) is 10.3 Å². The minimum Gasteiger partial charge on any atom is -0.332 e. The molecule has 0 aliphatic rings. The van der Waals surface area contributed by atoms with E-state index in [1.807, 2.05) is 42.3 Å². The minimum atomic E-state index is -0.327. The quantitative estimate of drug-likeness (QED) is 0.512. The van der Waals surface area contributed by atoms with Gasteiger partial charge in [-0.1, -0.05) is 35.1 Å². The number of carbonyl (C=O) groups is 1. The number of nitrogens with one attached hydrogen (secondary N) is 2. The summed E-state index contributed by atoms with van der Waals surface area (Å²) in [5.74, 6) is 0.816. The van der Waals surface area contributed by atoms with Crippen LogP contribution >= 0.6 is 11.3 Å². The van der Waals surface area contributed by atoms with Gasteiger partial charge in [0.15, 0.2) is 5.13 Å². The highest BCUT2D eigenvalue weighted by molar-refractivity contribution is 7.22. The number of hydrogen-bond acceptors (Lipinski definition) is 6. The van der Waals surface area contributed by atoms with E-state index in [0.717, 1.165) is 27.5 Å². The van der Waals surface area contributed by atoms with Gasteiger partial charge in [0.05, 0.1) is 12.2 Å². The first-order valence-electron chi connectivity index (χ1n) is 9.11. The van der Waals surface area contributed by atoms with Gasteiger partial charge < -0.3 is 10.2 Å². The second kappa shape index (κ2) is 8.24. The number of rotatable bonds is 5. The molecule has 4 rings (SSSR count). The zero-order valence-corrected chi connectivity index (χ0v) is 16.9. The molecule has 29 heavy (non-hydrogen) atoms. The lowest BCUT2D eigenvalue weighted by molar-refractivity contribution is 0.251. The number of pyridine rings is 2. The van der Waals surface area contributed by atoms with Gasteiger partial charge in [-0.3, -0.25) is 10.3 Å². The molecule has 0 saturated carbocycles. The molecule has 0 saturated heterocycles. The molecular weight excluding hydrogens is 384 g/mol. The van der Waals surface area contributed by atoms with Crippen LogP contribution in [0.2, 0.25) is 0 Å². The summed E-state index contributed by atoms with van der Waals surface area (Å²) in [5, 5.41) is 6.04. The van der Waals surface area contributed by atoms with Crippen LogP contribution in [-0.4, -0.2) is 28.0 Å². The largest absolute Gasteiger partial charge is 0.332 e. The average Bonchev–Trinajstić information content (AvgIpc) is 3.14. The van der Waals surface area contributed by atoms with Crippen molar-refractivity contribution in [3.05, 3.63) is 72.1 Å². The minimum absolute atomic E-state index is 0.327. The van der Waals surface area contributed by atoms with Crippen LogP contribution in [0.3, 0.4) is 0 Å². The van der Waals surface area contributed by atoms with Gasteiger partial charge in [0.2, 0.25) is 0 Å². The first-order valence-corrected chi connectivity index (χ1v) is 9.93. The predicted octanol–water partition coefficient (Wildman–Crippen LogP) is 4.48. The molecule has 0 bridgehead atoms. The molecule has 0 radical (unpaired) electrons. The Morgan fingerprint density at radius 2 is 1.90 bits per heavy atom. The van der Waals surface area contributed by atoms with Crippen molar-refractivity contribution >= 4 is 44.4 Å². The number of aryl methyl sites for hydroxylation is 1. The van der Waals surface area contributed by atoms with Crippen molar-refractivity contribution in [2.45, 2.75) is 13.5 Å². The van der Waals surface area contributed by atoms with E-state index in [4.69, 9.17) is 4.98 Å². The third kappa shape index (κ3) is 4.49. The van der Waals surface area contributed by atoms with Gasteiger partial charge in [-0.15, -0.1) is 0 Å². The first kappa shape index (κ1) is 18.8. The highest BCUT2D eigenvalue weighted by atomic mass is 32.1. The molecule has 0 atom stereocenters. The zero-order valence-electron chi connectivity index (χ0n) is 16.1. The van der Waals surface area contributed by atoms with Gasteiger partial charge in [-0.25, -0.2) is 14.8 Å². The van der Waals surface area contributed by atoms with E-state index in [0.29, 0.717) is 11.7 Å². The Balaban J connectivity index is 1.45. The number of thiazole rings is 1. The van der Waals surface area contributed by atoms with Crippen molar-refractivity contribution in [2.75, 3.05) is 17.3 Å². The van der Waals surface area contributed by atoms with E-state index in [1.165, 1.54) is 16.9 Å². The lowest BCUT2D eigenvalue weighted by Gasteiger charge is -2.18. The molecule has 4 aromatic rings. The highest BCUT2D eigenvalue weighted by Gasteiger charge is 2.12. The van der Waals surface area contributed by atoms with E-state index < -0.39 is 0 Å². The lowest BCUT2D eigenvalue weighted by atomic mass is 10.2. The topological polar surface area (TPSA) is 83.0 Å². The molecule has 0 unspecified atom stereocenters. The fourth-order valence-electron chi connectivity index (χ4n) is 2.76. The Labute approximate surface area is 172 Å². The van der Waals surface area contributed by atoms with Crippen LogP contribution in [0, 0.1) is 6.92 Å². The zero-order chi connectivity index (χ0) is 20.2. The molecule has 146 valence electrons. The van der Waals surface area contributed by atoms with E-state index in [-0.39, 0.29) is 6.03 Å². The summed E-state index contributed by atoms with van der Waals surface area (Å²) in [6.45, 7) is 2.41. The second-order valence-electron chi connectivity index (χ2n) is 6.54. The molecule has 0 aliphatic carbocycles. The van der Waals surface area contributed by atoms with E-state index in [1.54, 1.807) is 6.20 Å². The van der Waals surface area contributed by atoms with Gasteiger partial charge in [-0.2, -0.15) is 0 Å². The van der Waals surface area contributed by atoms with Gasteiger partial charge in [0.1, 0.15) is 16.2 Å². The molecule has 0 fully saturated rings. The summed E-state index contributed by atoms with van der Waals surface area (Å²) in [7, 11) is 1.98. The standard InChI is InChI=1S/C21H20N6OS/c1-14-6-8-16(9-7-14)27(2)18-11-10-17-19(25-18)29-21(24-17)26-20(28)23-13-15-5-3-4-12-22-15/h3-12H,13H2,1-2H3,(H2,23,24,26,28). The molecular formula is C21H20N6OS. The normalized spacial score (nSPS) is 10.7. The van der Waals surface area contributed by atoms with E-state index >= 15 is 0 Å². The summed E-state index contributed by atoms with van der Waals surface area (Å²) in [6.07, 6.45) is 1.69. The summed E-state index contributed by atoms with van der Waals surface area (Å²) in [4.78, 5) is 28.2. The number of anilines is 3. The fraction of sp³-hybridized carbons (Fsp3) is 0.143. The Morgan fingerprint density at radius 3 is 2.66 bits per heavy atom. The van der Waals surface area contributed by atoms with Crippen LogP contribution in [-0.2, 0) is 6.54 Å². The molecule has 1 aromatic carbocycles. The molecule has 2 amide bonds. The monoisotopic (exact) mass is 404 g/mol. The lowest BCUT2D eigenvalue weighted by Crippen LogP contribution is -2.28. The molecule has 0 aliphatic heterocycles. The maximum Gasteiger partial charge on any atom is 0.321 e. The number of amides is 2. The Morgan fingerprint density at radius 1 is 1.07 bits per heavy atom. The van der Waals surface area contributed by atoms with Gasteiger partial charge in [-0.05, 0) is 43.3 Å². The number of urea groups is 1. The Hall–Kier alpha value is -3.52. The fourth-order valence-corrected chi connectivity index (χ4v) is 3.59. The first-order chi connectivity index (χ1) is 14.1. The molecule has 3 aromatic heterocycles. The average molecular weight is 404 g/mol. The smallest absolute Gasteiger partial charge is 0.321 e. The summed E-state index contributed by atoms with van der Waals surface area (Å²) < 4.78 is 0. The summed E-state index contributed by atoms with van der Waals surface area (Å²) in [6, 6.07) is 17.3. The van der Waals surface area contributed by atoms with Gasteiger partial charge in [0.25, 0.3) is 0 Å². The maximum absolute atomic E-state index is 12.1. The third-order valence-electron chi connectivity index (χ3n) is 4.38. The second-order valence-corrected chi connectivity index (χ2v) is 7.51. The van der Waals surface area contributed by atoms with Crippen molar-refractivity contribution in [2.24, 2.45) is 0 Å². The van der Waals surface area contributed by atoms with Crippen LogP contribution in [0.5, 0.6) is 0 Å². The number of carbonyl (C=O) groups excluding carboxylic acids is 1. The van der Waals surface area contributed by atoms with Gasteiger partial charge >= 0.3 is 6.03 Å². The summed E-state index contributed by atoms with van der Waals surface area (Å²) >= 11 is 1.34. The van der Waals surface area contributed by atoms with Gasteiger partial charge in [0, 0.05) is 18.9 Å². The number of benzene rings is 1.